The van der Waals surface area contributed by atoms with E-state index in [4.69, 9.17) is 0 Å². The van der Waals surface area contributed by atoms with E-state index in [2.05, 4.69) is 10.3 Å². The van der Waals surface area contributed by atoms with Crippen LogP contribution in [0.25, 0.3) is 0 Å². The van der Waals surface area contributed by atoms with Crippen molar-refractivity contribution in [3.8, 4) is 0 Å². The Morgan fingerprint density at radius 1 is 1.60 bits per heavy atom. The Balaban J connectivity index is 2.41. The standard InChI is InChI=1S/C7H6N2O/c10-7-5-1-3-8-6(5)2-4-9-7/h1-4,6H,(H,9,10). The van der Waals surface area contributed by atoms with E-state index < -0.39 is 0 Å². The van der Waals surface area contributed by atoms with Gasteiger partial charge in [-0.3, -0.25) is 9.79 Å². The van der Waals surface area contributed by atoms with Crippen molar-refractivity contribution in [1.82, 2.24) is 5.32 Å². The molecule has 0 aromatic heterocycles. The van der Waals surface area contributed by atoms with Crippen LogP contribution in [0.2, 0.25) is 0 Å². The van der Waals surface area contributed by atoms with Crippen molar-refractivity contribution in [2.75, 3.05) is 0 Å². The first-order chi connectivity index (χ1) is 4.88. The van der Waals surface area contributed by atoms with Gasteiger partial charge in [-0.25, -0.2) is 0 Å². The Morgan fingerprint density at radius 3 is 3.30 bits per heavy atom. The average Bonchev–Trinajstić information content (AvgIpc) is 2.36. The highest BCUT2D eigenvalue weighted by molar-refractivity contribution is 6.02. The molecule has 1 atom stereocenters. The van der Waals surface area contributed by atoms with Gasteiger partial charge in [-0.2, -0.15) is 0 Å². The zero-order valence-electron chi connectivity index (χ0n) is 5.24. The molecule has 2 aliphatic heterocycles. The Morgan fingerprint density at radius 2 is 2.50 bits per heavy atom. The zero-order valence-corrected chi connectivity index (χ0v) is 5.24. The van der Waals surface area contributed by atoms with Crippen LogP contribution in [0.1, 0.15) is 0 Å². The number of hydrogen-bond acceptors (Lipinski definition) is 2. The Kier molecular flexibility index (Phi) is 0.974. The van der Waals surface area contributed by atoms with Gasteiger partial charge in [-0.05, 0) is 12.2 Å². The zero-order chi connectivity index (χ0) is 6.97. The van der Waals surface area contributed by atoms with E-state index in [9.17, 15) is 4.79 Å². The van der Waals surface area contributed by atoms with E-state index in [0.29, 0.717) is 0 Å². The number of rotatable bonds is 0. The van der Waals surface area contributed by atoms with Gasteiger partial charge in [-0.15, -0.1) is 0 Å². The quantitative estimate of drug-likeness (QED) is 0.498. The van der Waals surface area contributed by atoms with Crippen molar-refractivity contribution >= 4 is 12.1 Å². The first kappa shape index (κ1) is 5.41. The molecule has 10 heavy (non-hydrogen) atoms. The molecule has 50 valence electrons. The second kappa shape index (κ2) is 1.80. The molecule has 2 rings (SSSR count). The SMILES string of the molecule is O=C1NC=CC2N=CC=C12. The van der Waals surface area contributed by atoms with Crippen LogP contribution < -0.4 is 5.32 Å². The number of nitrogens with zero attached hydrogens (tertiary/aromatic N) is 1. The normalized spacial score (nSPS) is 27.8. The van der Waals surface area contributed by atoms with Gasteiger partial charge in [0, 0.05) is 18.0 Å². The maximum absolute atomic E-state index is 11.0. The van der Waals surface area contributed by atoms with E-state index >= 15 is 0 Å². The number of carbonyl (C=O) groups is 1. The minimum atomic E-state index is -0.0370. The van der Waals surface area contributed by atoms with Crippen LogP contribution in [-0.2, 0) is 4.79 Å². The monoisotopic (exact) mass is 134 g/mol. The summed E-state index contributed by atoms with van der Waals surface area (Å²) >= 11 is 0. The minimum Gasteiger partial charge on any atom is -0.329 e. The highest BCUT2D eigenvalue weighted by atomic mass is 16.1. The molecule has 2 heterocycles. The number of nitrogens with one attached hydrogen (secondary N) is 1. The van der Waals surface area contributed by atoms with Crippen molar-refractivity contribution in [1.29, 1.82) is 0 Å². The van der Waals surface area contributed by atoms with Gasteiger partial charge in [0.2, 0.25) is 0 Å². The van der Waals surface area contributed by atoms with Gasteiger partial charge in [0.05, 0.1) is 0 Å². The second-order valence-electron chi connectivity index (χ2n) is 2.20. The van der Waals surface area contributed by atoms with Crippen LogP contribution in [0.4, 0.5) is 0 Å². The van der Waals surface area contributed by atoms with E-state index in [1.807, 2.05) is 6.08 Å². The average molecular weight is 134 g/mol. The fraction of sp³-hybridized carbons (Fsp3) is 0.143. The first-order valence-corrected chi connectivity index (χ1v) is 3.09. The summed E-state index contributed by atoms with van der Waals surface area (Å²) in [7, 11) is 0. The maximum Gasteiger partial charge on any atom is 0.253 e. The van der Waals surface area contributed by atoms with Crippen molar-refractivity contribution < 1.29 is 4.79 Å². The molecular weight excluding hydrogens is 128 g/mol. The summed E-state index contributed by atoms with van der Waals surface area (Å²) in [6.45, 7) is 0. The largest absolute Gasteiger partial charge is 0.329 e. The van der Waals surface area contributed by atoms with E-state index in [1.54, 1.807) is 18.5 Å². The summed E-state index contributed by atoms with van der Waals surface area (Å²) in [6, 6.07) is -0.0197. The third-order valence-corrected chi connectivity index (χ3v) is 1.57. The maximum atomic E-state index is 11.0. The van der Waals surface area contributed by atoms with Crippen molar-refractivity contribution in [2.45, 2.75) is 6.04 Å². The molecule has 0 aromatic rings. The van der Waals surface area contributed by atoms with E-state index in [-0.39, 0.29) is 11.9 Å². The third-order valence-electron chi connectivity index (χ3n) is 1.57. The van der Waals surface area contributed by atoms with E-state index in [0.717, 1.165) is 5.57 Å². The van der Waals surface area contributed by atoms with Crippen LogP contribution in [0.15, 0.2) is 28.9 Å². The summed E-state index contributed by atoms with van der Waals surface area (Å²) in [5.74, 6) is -0.0370. The molecule has 1 unspecified atom stereocenters. The molecule has 0 radical (unpaired) electrons. The molecule has 3 heteroatoms. The highest BCUT2D eigenvalue weighted by Gasteiger charge is 2.22. The number of allylic oxidation sites excluding steroid dienone is 1. The van der Waals surface area contributed by atoms with Crippen LogP contribution in [-0.4, -0.2) is 18.2 Å². The lowest BCUT2D eigenvalue weighted by Gasteiger charge is -2.11. The third kappa shape index (κ3) is 0.603. The minimum absolute atomic E-state index is 0.0197. The molecule has 0 aromatic carbocycles. The molecule has 0 saturated carbocycles. The molecule has 0 bridgehead atoms. The molecule has 1 N–H and O–H groups in total. The predicted molar refractivity (Wildman–Crippen MR) is 37.6 cm³/mol. The molecule has 0 spiro atoms. The second-order valence-corrected chi connectivity index (χ2v) is 2.20. The van der Waals surface area contributed by atoms with Gasteiger partial charge in [0.1, 0.15) is 6.04 Å². The van der Waals surface area contributed by atoms with Crippen LogP contribution >= 0.6 is 0 Å². The number of carbonyl (C=O) groups excluding carboxylic acids is 1. The lowest BCUT2D eigenvalue weighted by Crippen LogP contribution is -2.28. The summed E-state index contributed by atoms with van der Waals surface area (Å²) in [4.78, 5) is 15.0. The molecule has 2 aliphatic rings. The summed E-state index contributed by atoms with van der Waals surface area (Å²) in [6.07, 6.45) is 6.89. The number of amides is 1. The Labute approximate surface area is 58.1 Å². The van der Waals surface area contributed by atoms with Gasteiger partial charge in [0.25, 0.3) is 5.91 Å². The van der Waals surface area contributed by atoms with Gasteiger partial charge < -0.3 is 5.32 Å². The number of aliphatic imine (C=N–C) groups is 1. The van der Waals surface area contributed by atoms with Gasteiger partial charge >= 0.3 is 0 Å². The van der Waals surface area contributed by atoms with E-state index in [1.165, 1.54) is 0 Å². The van der Waals surface area contributed by atoms with Crippen molar-refractivity contribution in [3.05, 3.63) is 23.9 Å². The first-order valence-electron chi connectivity index (χ1n) is 3.09. The lowest BCUT2D eigenvalue weighted by atomic mass is 10.1. The Hall–Kier alpha value is -1.38. The molecule has 0 saturated heterocycles. The topological polar surface area (TPSA) is 41.5 Å². The van der Waals surface area contributed by atoms with Gasteiger partial charge in [-0.1, -0.05) is 0 Å². The summed E-state index contributed by atoms with van der Waals surface area (Å²) in [5.41, 5.74) is 0.738. The number of fused-ring (bicyclic) bond motifs is 1. The summed E-state index contributed by atoms with van der Waals surface area (Å²) < 4.78 is 0. The molecule has 0 fully saturated rings. The van der Waals surface area contributed by atoms with Gasteiger partial charge in [0.15, 0.2) is 0 Å². The van der Waals surface area contributed by atoms with Crippen LogP contribution in [0.3, 0.4) is 0 Å². The lowest BCUT2D eigenvalue weighted by molar-refractivity contribution is -0.116. The molecule has 3 nitrogen and oxygen atoms in total. The number of hydrogen-bond donors (Lipinski definition) is 1. The molecular formula is C7H6N2O. The van der Waals surface area contributed by atoms with Crippen molar-refractivity contribution in [3.63, 3.8) is 0 Å². The smallest absolute Gasteiger partial charge is 0.253 e. The fourth-order valence-electron chi connectivity index (χ4n) is 1.06. The Bertz CT molecular complexity index is 263. The highest BCUT2D eigenvalue weighted by Crippen LogP contribution is 2.15. The molecule has 1 amide bonds. The van der Waals surface area contributed by atoms with Crippen molar-refractivity contribution in [2.24, 2.45) is 4.99 Å². The fourth-order valence-corrected chi connectivity index (χ4v) is 1.06. The van der Waals surface area contributed by atoms with Crippen LogP contribution in [0.5, 0.6) is 0 Å². The molecule has 0 aliphatic carbocycles. The predicted octanol–water partition coefficient (Wildman–Crippen LogP) is 0.00930. The van der Waals surface area contributed by atoms with Crippen LogP contribution in [0, 0.1) is 0 Å². The summed E-state index contributed by atoms with van der Waals surface area (Å²) in [5, 5.41) is 2.59.